The summed E-state index contributed by atoms with van der Waals surface area (Å²) in [6, 6.07) is 8.97. The number of carbonyl (C=O) groups excluding carboxylic acids is 1. The summed E-state index contributed by atoms with van der Waals surface area (Å²) in [7, 11) is 0. The highest BCUT2D eigenvalue weighted by molar-refractivity contribution is 5.76. The number of aryl methyl sites for hydroxylation is 1. The maximum atomic E-state index is 12.2. The topological polar surface area (TPSA) is 58.4 Å². The number of carbonyl (C=O) groups is 1. The summed E-state index contributed by atoms with van der Waals surface area (Å²) in [6.45, 7) is 4.63. The molecule has 0 spiro atoms. The zero-order chi connectivity index (χ0) is 16.5. The van der Waals surface area contributed by atoms with Crippen LogP contribution in [-0.4, -0.2) is 36.5 Å². The normalized spacial score (nSPS) is 15.7. The molecule has 0 bridgehead atoms. The number of likely N-dealkylation sites (tertiary alicyclic amines) is 1. The minimum absolute atomic E-state index is 0.326. The van der Waals surface area contributed by atoms with E-state index in [1.165, 1.54) is 11.3 Å². The smallest absolute Gasteiger partial charge is 0.222 e. The number of unbranched alkanes of at least 4 members (excludes halogenated alkanes) is 3. The zero-order valence-electron chi connectivity index (χ0n) is 14.4. The van der Waals surface area contributed by atoms with Crippen molar-refractivity contribution in [3.05, 3.63) is 29.8 Å². The Balaban J connectivity index is 1.66. The van der Waals surface area contributed by atoms with Crippen LogP contribution in [0.25, 0.3) is 0 Å². The summed E-state index contributed by atoms with van der Waals surface area (Å²) in [5.74, 6) is 0.326. The standard InChI is InChI=1S/C19H31N3O/c1-16-7-6-8-18(15-16)21-17-10-13-22(14-11-17)19(23)9-4-2-3-5-12-20/h6-8,15,17,21H,2-5,9-14,20H2,1H3. The molecule has 3 N–H and O–H groups in total. The molecule has 4 nitrogen and oxygen atoms in total. The fourth-order valence-electron chi connectivity index (χ4n) is 3.18. The van der Waals surface area contributed by atoms with Crippen molar-refractivity contribution in [3.63, 3.8) is 0 Å². The summed E-state index contributed by atoms with van der Waals surface area (Å²) in [4.78, 5) is 14.3. The van der Waals surface area contributed by atoms with Crippen LogP contribution in [0.2, 0.25) is 0 Å². The van der Waals surface area contributed by atoms with E-state index in [1.807, 2.05) is 4.90 Å². The second kappa shape index (κ2) is 9.56. The highest BCUT2D eigenvalue weighted by Gasteiger charge is 2.22. The predicted molar refractivity (Wildman–Crippen MR) is 96.5 cm³/mol. The molecule has 0 aromatic heterocycles. The number of nitrogens with two attached hydrogens (primary N) is 1. The lowest BCUT2D eigenvalue weighted by atomic mass is 10.0. The quantitative estimate of drug-likeness (QED) is 0.723. The zero-order valence-corrected chi connectivity index (χ0v) is 14.4. The van der Waals surface area contributed by atoms with Crippen LogP contribution in [0.1, 0.15) is 50.5 Å². The fourth-order valence-corrected chi connectivity index (χ4v) is 3.18. The summed E-state index contributed by atoms with van der Waals surface area (Å²) >= 11 is 0. The van der Waals surface area contributed by atoms with E-state index in [0.29, 0.717) is 18.4 Å². The SMILES string of the molecule is Cc1cccc(NC2CCN(C(=O)CCCCCCN)CC2)c1. The van der Waals surface area contributed by atoms with E-state index in [2.05, 4.69) is 36.5 Å². The lowest BCUT2D eigenvalue weighted by Crippen LogP contribution is -2.42. The van der Waals surface area contributed by atoms with Crippen molar-refractivity contribution in [2.75, 3.05) is 25.0 Å². The van der Waals surface area contributed by atoms with E-state index < -0.39 is 0 Å². The number of hydrogen-bond donors (Lipinski definition) is 2. The number of benzene rings is 1. The third-order valence-electron chi connectivity index (χ3n) is 4.58. The third kappa shape index (κ3) is 6.22. The van der Waals surface area contributed by atoms with Crippen molar-refractivity contribution in [3.8, 4) is 0 Å². The van der Waals surface area contributed by atoms with Gasteiger partial charge in [-0.25, -0.2) is 0 Å². The third-order valence-corrected chi connectivity index (χ3v) is 4.58. The molecule has 4 heteroatoms. The molecule has 23 heavy (non-hydrogen) atoms. The van der Waals surface area contributed by atoms with Crippen LogP contribution in [0.15, 0.2) is 24.3 Å². The Kier molecular flexibility index (Phi) is 7.40. The first-order chi connectivity index (χ1) is 11.2. The Labute approximate surface area is 140 Å². The highest BCUT2D eigenvalue weighted by Crippen LogP contribution is 2.18. The van der Waals surface area contributed by atoms with Crippen LogP contribution < -0.4 is 11.1 Å². The molecule has 1 aliphatic rings. The second-order valence-corrected chi connectivity index (χ2v) is 6.62. The monoisotopic (exact) mass is 317 g/mol. The molecule has 0 atom stereocenters. The number of rotatable bonds is 8. The molecule has 128 valence electrons. The van der Waals surface area contributed by atoms with Crippen LogP contribution >= 0.6 is 0 Å². The number of nitrogens with one attached hydrogen (secondary N) is 1. The molecule has 1 amide bonds. The molecule has 1 aliphatic heterocycles. The highest BCUT2D eigenvalue weighted by atomic mass is 16.2. The Hall–Kier alpha value is -1.55. The average Bonchev–Trinajstić information content (AvgIpc) is 2.55. The van der Waals surface area contributed by atoms with Crippen LogP contribution in [0.5, 0.6) is 0 Å². The van der Waals surface area contributed by atoms with E-state index in [-0.39, 0.29) is 0 Å². The second-order valence-electron chi connectivity index (χ2n) is 6.62. The van der Waals surface area contributed by atoms with E-state index in [9.17, 15) is 4.79 Å². The number of piperidine rings is 1. The van der Waals surface area contributed by atoms with Gasteiger partial charge in [0.25, 0.3) is 0 Å². The van der Waals surface area contributed by atoms with Gasteiger partial charge < -0.3 is 16.0 Å². The van der Waals surface area contributed by atoms with Crippen LogP contribution in [0.3, 0.4) is 0 Å². The summed E-state index contributed by atoms with van der Waals surface area (Å²) in [5, 5.41) is 3.60. The minimum Gasteiger partial charge on any atom is -0.382 e. The first-order valence-electron chi connectivity index (χ1n) is 9.00. The molecular formula is C19H31N3O. The lowest BCUT2D eigenvalue weighted by Gasteiger charge is -2.33. The summed E-state index contributed by atoms with van der Waals surface area (Å²) in [6.07, 6.45) is 7.10. The predicted octanol–water partition coefficient (Wildman–Crippen LogP) is 3.31. The maximum absolute atomic E-state index is 12.2. The molecule has 0 unspecified atom stereocenters. The Bertz CT molecular complexity index is 481. The molecule has 1 aromatic rings. The van der Waals surface area contributed by atoms with Gasteiger partial charge in [-0.1, -0.05) is 25.0 Å². The van der Waals surface area contributed by atoms with E-state index >= 15 is 0 Å². The first kappa shape index (κ1) is 17.8. The van der Waals surface area contributed by atoms with E-state index in [1.54, 1.807) is 0 Å². The van der Waals surface area contributed by atoms with Gasteiger partial charge in [-0.2, -0.15) is 0 Å². The van der Waals surface area contributed by atoms with Gasteiger partial charge in [-0.15, -0.1) is 0 Å². The van der Waals surface area contributed by atoms with Gasteiger partial charge in [-0.3, -0.25) is 4.79 Å². The van der Waals surface area contributed by atoms with Crippen molar-refractivity contribution in [2.45, 2.75) is 57.9 Å². The molecule has 1 fully saturated rings. The van der Waals surface area contributed by atoms with E-state index in [0.717, 1.165) is 58.2 Å². The molecular weight excluding hydrogens is 286 g/mol. The molecule has 1 heterocycles. The van der Waals surface area contributed by atoms with Gasteiger partial charge >= 0.3 is 0 Å². The van der Waals surface area contributed by atoms with Crippen molar-refractivity contribution in [1.29, 1.82) is 0 Å². The molecule has 2 rings (SSSR count). The average molecular weight is 317 g/mol. The van der Waals surface area contributed by atoms with Crippen molar-refractivity contribution >= 4 is 11.6 Å². The minimum atomic E-state index is 0.326. The summed E-state index contributed by atoms with van der Waals surface area (Å²) in [5.41, 5.74) is 7.95. The number of anilines is 1. The maximum Gasteiger partial charge on any atom is 0.222 e. The van der Waals surface area contributed by atoms with Crippen molar-refractivity contribution in [2.24, 2.45) is 5.73 Å². The summed E-state index contributed by atoms with van der Waals surface area (Å²) < 4.78 is 0. The molecule has 0 aliphatic carbocycles. The van der Waals surface area contributed by atoms with Gasteiger partial charge in [0.1, 0.15) is 0 Å². The van der Waals surface area contributed by atoms with Gasteiger partial charge in [0, 0.05) is 31.2 Å². The van der Waals surface area contributed by atoms with Crippen LogP contribution in [0, 0.1) is 6.92 Å². The molecule has 1 saturated heterocycles. The van der Waals surface area contributed by atoms with Crippen LogP contribution in [0.4, 0.5) is 5.69 Å². The fraction of sp³-hybridized carbons (Fsp3) is 0.632. The van der Waals surface area contributed by atoms with E-state index in [4.69, 9.17) is 5.73 Å². The van der Waals surface area contributed by atoms with Gasteiger partial charge in [0.15, 0.2) is 0 Å². The number of hydrogen-bond acceptors (Lipinski definition) is 3. The molecule has 0 saturated carbocycles. The van der Waals surface area contributed by atoms with Crippen molar-refractivity contribution < 1.29 is 4.79 Å². The van der Waals surface area contributed by atoms with Gasteiger partial charge in [-0.05, 0) is 56.8 Å². The molecule has 1 aromatic carbocycles. The van der Waals surface area contributed by atoms with Gasteiger partial charge in [0.05, 0.1) is 0 Å². The molecule has 0 radical (unpaired) electrons. The van der Waals surface area contributed by atoms with Crippen molar-refractivity contribution in [1.82, 2.24) is 4.90 Å². The number of amides is 1. The van der Waals surface area contributed by atoms with Crippen LogP contribution in [-0.2, 0) is 4.79 Å². The first-order valence-corrected chi connectivity index (χ1v) is 9.00. The Morgan fingerprint density at radius 3 is 2.65 bits per heavy atom. The lowest BCUT2D eigenvalue weighted by molar-refractivity contribution is -0.132. The Morgan fingerprint density at radius 2 is 1.96 bits per heavy atom. The van der Waals surface area contributed by atoms with Gasteiger partial charge in [0.2, 0.25) is 5.91 Å². The Morgan fingerprint density at radius 1 is 1.22 bits per heavy atom. The largest absolute Gasteiger partial charge is 0.382 e. The number of nitrogens with zero attached hydrogens (tertiary/aromatic N) is 1.